The number of hydrogen-bond acceptors (Lipinski definition) is 5. The number of sulfonamides is 1. The van der Waals surface area contributed by atoms with E-state index in [-0.39, 0.29) is 23.3 Å². The zero-order valence-electron chi connectivity index (χ0n) is 15.2. The zero-order chi connectivity index (χ0) is 19.3. The van der Waals surface area contributed by atoms with Crippen LogP contribution < -0.4 is 14.8 Å². The molecule has 0 unspecified atom stereocenters. The topological polar surface area (TPSA) is 97.6 Å². The summed E-state index contributed by atoms with van der Waals surface area (Å²) in [7, 11) is -2.32. The Balaban J connectivity index is 1.73. The Kier molecular flexibility index (Phi) is 6.18. The third-order valence-electron chi connectivity index (χ3n) is 4.66. The van der Waals surface area contributed by atoms with Gasteiger partial charge in [-0.15, -0.1) is 0 Å². The van der Waals surface area contributed by atoms with Gasteiger partial charge in [0.1, 0.15) is 11.5 Å². The van der Waals surface area contributed by atoms with Crippen LogP contribution in [-0.2, 0) is 14.8 Å². The lowest BCUT2D eigenvalue weighted by Crippen LogP contribution is -2.37. The van der Waals surface area contributed by atoms with E-state index in [0.29, 0.717) is 11.5 Å². The first kappa shape index (κ1) is 19.4. The molecule has 8 heteroatoms. The van der Waals surface area contributed by atoms with Crippen LogP contribution in [0.4, 0.5) is 0 Å². The van der Waals surface area contributed by atoms with Gasteiger partial charge >= 0.3 is 0 Å². The highest BCUT2D eigenvalue weighted by atomic mass is 32.2. The van der Waals surface area contributed by atoms with Crippen LogP contribution in [0.25, 0.3) is 0 Å². The van der Waals surface area contributed by atoms with E-state index in [4.69, 9.17) is 9.15 Å². The second-order valence-corrected chi connectivity index (χ2v) is 8.33. The summed E-state index contributed by atoms with van der Waals surface area (Å²) in [6.07, 6.45) is 5.58. The normalized spacial score (nSPS) is 16.2. The van der Waals surface area contributed by atoms with Gasteiger partial charge in [-0.25, -0.2) is 8.42 Å². The predicted octanol–water partition coefficient (Wildman–Crippen LogP) is 2.76. The number of furan rings is 1. The lowest BCUT2D eigenvalue weighted by molar-refractivity contribution is -0.122. The average Bonchev–Trinajstić information content (AvgIpc) is 3.35. The largest absolute Gasteiger partial charge is 0.497 e. The monoisotopic (exact) mass is 392 g/mol. The van der Waals surface area contributed by atoms with E-state index >= 15 is 0 Å². The van der Waals surface area contributed by atoms with E-state index in [1.54, 1.807) is 24.3 Å². The third kappa shape index (κ3) is 5.11. The van der Waals surface area contributed by atoms with Gasteiger partial charge in [-0.3, -0.25) is 4.79 Å². The van der Waals surface area contributed by atoms with Gasteiger partial charge in [0.2, 0.25) is 15.9 Å². The average molecular weight is 392 g/mol. The minimum Gasteiger partial charge on any atom is -0.497 e. The SMILES string of the molecule is COc1ccc(S(=O)(=O)N[C@H](CC(=O)NC2CCCC2)c2ccco2)cc1. The molecule has 27 heavy (non-hydrogen) atoms. The number of carbonyl (C=O) groups is 1. The molecule has 0 bridgehead atoms. The molecule has 7 nitrogen and oxygen atoms in total. The van der Waals surface area contributed by atoms with E-state index in [1.807, 2.05) is 0 Å². The second kappa shape index (κ2) is 8.58. The molecule has 0 aliphatic heterocycles. The second-order valence-electron chi connectivity index (χ2n) is 6.62. The number of amides is 1. The zero-order valence-corrected chi connectivity index (χ0v) is 16.0. The first-order valence-corrected chi connectivity index (χ1v) is 10.5. The molecule has 1 heterocycles. The Hall–Kier alpha value is -2.32. The molecule has 0 spiro atoms. The van der Waals surface area contributed by atoms with Crippen molar-refractivity contribution in [2.75, 3.05) is 7.11 Å². The number of methoxy groups -OCH3 is 1. The smallest absolute Gasteiger partial charge is 0.241 e. The fraction of sp³-hybridized carbons (Fsp3) is 0.421. The van der Waals surface area contributed by atoms with Gasteiger partial charge < -0.3 is 14.5 Å². The van der Waals surface area contributed by atoms with Crippen molar-refractivity contribution in [1.82, 2.24) is 10.0 Å². The van der Waals surface area contributed by atoms with Gasteiger partial charge in [-0.2, -0.15) is 4.72 Å². The molecular weight excluding hydrogens is 368 g/mol. The fourth-order valence-electron chi connectivity index (χ4n) is 3.24. The summed E-state index contributed by atoms with van der Waals surface area (Å²) in [6.45, 7) is 0. The van der Waals surface area contributed by atoms with E-state index < -0.39 is 16.1 Å². The molecule has 2 aromatic rings. The Morgan fingerprint density at radius 3 is 2.52 bits per heavy atom. The van der Waals surface area contributed by atoms with Crippen LogP contribution >= 0.6 is 0 Å². The van der Waals surface area contributed by atoms with Crippen LogP contribution in [0.3, 0.4) is 0 Å². The van der Waals surface area contributed by atoms with E-state index in [9.17, 15) is 13.2 Å². The Bertz CT molecular complexity index is 841. The summed E-state index contributed by atoms with van der Waals surface area (Å²) in [5, 5.41) is 2.98. The number of nitrogens with one attached hydrogen (secondary N) is 2. The molecule has 1 aromatic heterocycles. The van der Waals surface area contributed by atoms with Gasteiger partial charge in [-0.05, 0) is 49.2 Å². The highest BCUT2D eigenvalue weighted by Crippen LogP contribution is 2.23. The van der Waals surface area contributed by atoms with Crippen molar-refractivity contribution < 1.29 is 22.4 Å². The highest BCUT2D eigenvalue weighted by Gasteiger charge is 2.27. The molecule has 0 saturated heterocycles. The Morgan fingerprint density at radius 1 is 1.22 bits per heavy atom. The molecular formula is C19H24N2O5S. The molecule has 3 rings (SSSR count). The van der Waals surface area contributed by atoms with Crippen LogP contribution in [-0.4, -0.2) is 27.5 Å². The van der Waals surface area contributed by atoms with Gasteiger partial charge in [-0.1, -0.05) is 12.8 Å². The summed E-state index contributed by atoms with van der Waals surface area (Å²) in [5.41, 5.74) is 0. The van der Waals surface area contributed by atoms with E-state index in [1.165, 1.54) is 25.5 Å². The quantitative estimate of drug-likeness (QED) is 0.720. The molecule has 1 aliphatic rings. The van der Waals surface area contributed by atoms with Crippen LogP contribution in [0.5, 0.6) is 5.75 Å². The van der Waals surface area contributed by atoms with Gasteiger partial charge in [0.15, 0.2) is 0 Å². The lowest BCUT2D eigenvalue weighted by atomic mass is 10.1. The summed E-state index contributed by atoms with van der Waals surface area (Å²) >= 11 is 0. The number of ether oxygens (including phenoxy) is 1. The molecule has 1 saturated carbocycles. The minimum atomic E-state index is -3.83. The number of carbonyl (C=O) groups excluding carboxylic acids is 1. The van der Waals surface area contributed by atoms with Crippen LogP contribution in [0.15, 0.2) is 52.0 Å². The van der Waals surface area contributed by atoms with Crippen molar-refractivity contribution in [2.24, 2.45) is 0 Å². The van der Waals surface area contributed by atoms with Crippen molar-refractivity contribution in [1.29, 1.82) is 0 Å². The van der Waals surface area contributed by atoms with Gasteiger partial charge in [0.05, 0.1) is 30.7 Å². The first-order chi connectivity index (χ1) is 13.0. The Labute approximate surface area is 159 Å². The van der Waals surface area contributed by atoms with Crippen molar-refractivity contribution >= 4 is 15.9 Å². The molecule has 1 aliphatic carbocycles. The van der Waals surface area contributed by atoms with Crippen LogP contribution in [0.2, 0.25) is 0 Å². The fourth-order valence-corrected chi connectivity index (χ4v) is 4.45. The van der Waals surface area contributed by atoms with Crippen LogP contribution in [0.1, 0.15) is 43.9 Å². The third-order valence-corrected chi connectivity index (χ3v) is 6.15. The van der Waals surface area contributed by atoms with E-state index in [2.05, 4.69) is 10.0 Å². The standard InChI is InChI=1S/C19H24N2O5S/c1-25-15-8-10-16(11-9-15)27(23,24)21-17(18-7-4-12-26-18)13-19(22)20-14-5-2-3-6-14/h4,7-12,14,17,21H,2-3,5-6,13H2,1H3,(H,20,22)/t17-/m1/s1. The molecule has 0 radical (unpaired) electrons. The number of benzene rings is 1. The molecule has 146 valence electrons. The maximum Gasteiger partial charge on any atom is 0.241 e. The van der Waals surface area contributed by atoms with E-state index in [0.717, 1.165) is 25.7 Å². The van der Waals surface area contributed by atoms with Crippen molar-refractivity contribution in [3.8, 4) is 5.75 Å². The molecule has 1 aromatic carbocycles. The summed E-state index contributed by atoms with van der Waals surface area (Å²) in [4.78, 5) is 12.5. The molecule has 1 amide bonds. The predicted molar refractivity (Wildman–Crippen MR) is 99.8 cm³/mol. The minimum absolute atomic E-state index is 0.0284. The van der Waals surface area contributed by atoms with Gasteiger partial charge in [0.25, 0.3) is 0 Å². The first-order valence-electron chi connectivity index (χ1n) is 8.97. The highest BCUT2D eigenvalue weighted by molar-refractivity contribution is 7.89. The van der Waals surface area contributed by atoms with Crippen LogP contribution in [0, 0.1) is 0 Å². The van der Waals surface area contributed by atoms with Crippen molar-refractivity contribution in [3.63, 3.8) is 0 Å². The lowest BCUT2D eigenvalue weighted by Gasteiger charge is -2.18. The van der Waals surface area contributed by atoms with Gasteiger partial charge in [0, 0.05) is 6.04 Å². The summed E-state index contributed by atoms with van der Waals surface area (Å²) < 4.78 is 38.5. The maximum atomic E-state index is 12.7. The number of hydrogen-bond donors (Lipinski definition) is 2. The molecule has 1 atom stereocenters. The maximum absolute atomic E-state index is 12.7. The Morgan fingerprint density at radius 2 is 1.93 bits per heavy atom. The van der Waals surface area contributed by atoms with Crippen molar-refractivity contribution in [2.45, 2.75) is 49.1 Å². The molecule has 1 fully saturated rings. The number of rotatable bonds is 8. The summed E-state index contributed by atoms with van der Waals surface area (Å²) in [5.74, 6) is 0.766. The summed E-state index contributed by atoms with van der Waals surface area (Å²) in [6, 6.07) is 8.77. The molecule has 2 N–H and O–H groups in total. The van der Waals surface area contributed by atoms with Crippen molar-refractivity contribution in [3.05, 3.63) is 48.4 Å².